The number of alkyl halides is 1. The zero-order valence-corrected chi connectivity index (χ0v) is 6.63. The van der Waals surface area contributed by atoms with Crippen LogP contribution in [-0.2, 0) is 0 Å². The van der Waals surface area contributed by atoms with Gasteiger partial charge in [-0.05, 0) is 6.92 Å². The lowest BCUT2D eigenvalue weighted by Crippen LogP contribution is -1.89. The van der Waals surface area contributed by atoms with Crippen molar-refractivity contribution in [3.05, 3.63) is 0 Å². The minimum atomic E-state index is 0.278. The maximum Gasteiger partial charge on any atom is 0.0573 e. The minimum absolute atomic E-state index is 0.278. The van der Waals surface area contributed by atoms with E-state index in [2.05, 4.69) is 15.9 Å². The maximum atomic E-state index is 8.27. The number of aliphatic hydroxyl groups is 1. The molecule has 0 heterocycles. The van der Waals surface area contributed by atoms with E-state index in [9.17, 15) is 0 Å². The van der Waals surface area contributed by atoms with Crippen molar-refractivity contribution in [3.8, 4) is 0 Å². The molecule has 0 amide bonds. The van der Waals surface area contributed by atoms with Gasteiger partial charge in [-0.2, -0.15) is 0 Å². The van der Waals surface area contributed by atoms with Crippen LogP contribution in [0.5, 0.6) is 0 Å². The van der Waals surface area contributed by atoms with Crippen molar-refractivity contribution >= 4 is 27.7 Å². The Hall–Kier alpha value is 0.790. The number of rotatable bonds is 3. The Kier molecular flexibility index (Phi) is 5.49. The van der Waals surface area contributed by atoms with Gasteiger partial charge in [0.2, 0.25) is 0 Å². The summed E-state index contributed by atoms with van der Waals surface area (Å²) in [7, 11) is 0. The number of halogens is 1. The molecule has 0 aliphatic heterocycles. The molecule has 1 atom stereocenters. The van der Waals surface area contributed by atoms with Crippen LogP contribution in [0.4, 0.5) is 0 Å². The zero-order chi connectivity index (χ0) is 5.70. The van der Waals surface area contributed by atoms with Crippen molar-refractivity contribution in [2.24, 2.45) is 0 Å². The van der Waals surface area contributed by atoms with Crippen molar-refractivity contribution in [1.82, 2.24) is 0 Å². The lowest BCUT2D eigenvalue weighted by Gasteiger charge is -1.96. The number of aliphatic hydroxyl groups excluding tert-OH is 1. The molecular formula is C4H9BrOS. The van der Waals surface area contributed by atoms with Crippen LogP contribution in [0.15, 0.2) is 0 Å². The molecule has 0 spiro atoms. The summed E-state index contributed by atoms with van der Waals surface area (Å²) >= 11 is 5.03. The van der Waals surface area contributed by atoms with E-state index in [0.717, 1.165) is 5.75 Å². The van der Waals surface area contributed by atoms with Gasteiger partial charge in [0.1, 0.15) is 0 Å². The predicted molar refractivity (Wildman–Crippen MR) is 37.9 cm³/mol. The monoisotopic (exact) mass is 184 g/mol. The summed E-state index contributed by atoms with van der Waals surface area (Å²) in [5.74, 6) is 0.826. The van der Waals surface area contributed by atoms with Gasteiger partial charge in [0.05, 0.1) is 10.8 Å². The summed E-state index contributed by atoms with van der Waals surface area (Å²) in [6, 6.07) is 0. The highest BCUT2D eigenvalue weighted by Gasteiger charge is 1.91. The molecule has 44 valence electrons. The third-order valence-corrected chi connectivity index (χ3v) is 2.11. The average molecular weight is 185 g/mol. The summed E-state index contributed by atoms with van der Waals surface area (Å²) in [4.78, 5) is 0. The molecule has 0 aromatic heterocycles. The van der Waals surface area contributed by atoms with E-state index in [4.69, 9.17) is 5.11 Å². The molecule has 1 unspecified atom stereocenters. The molecular weight excluding hydrogens is 176 g/mol. The molecule has 0 fully saturated rings. The van der Waals surface area contributed by atoms with E-state index >= 15 is 0 Å². The molecule has 0 aliphatic rings. The van der Waals surface area contributed by atoms with Gasteiger partial charge in [0.25, 0.3) is 0 Å². The van der Waals surface area contributed by atoms with E-state index in [0.29, 0.717) is 4.16 Å². The summed E-state index contributed by atoms with van der Waals surface area (Å²) in [5, 5.41) is 8.27. The summed E-state index contributed by atoms with van der Waals surface area (Å²) in [5.41, 5.74) is 0. The quantitative estimate of drug-likeness (QED) is 0.671. The molecule has 0 saturated heterocycles. The highest BCUT2D eigenvalue weighted by Crippen LogP contribution is 2.14. The van der Waals surface area contributed by atoms with Gasteiger partial charge in [-0.25, -0.2) is 0 Å². The van der Waals surface area contributed by atoms with Crippen LogP contribution in [0.1, 0.15) is 6.92 Å². The second kappa shape index (κ2) is 4.94. The van der Waals surface area contributed by atoms with Crippen LogP contribution < -0.4 is 0 Å². The Bertz CT molecular complexity index is 40.7. The first-order valence-electron chi connectivity index (χ1n) is 2.14. The van der Waals surface area contributed by atoms with Crippen molar-refractivity contribution < 1.29 is 5.11 Å². The van der Waals surface area contributed by atoms with Gasteiger partial charge < -0.3 is 5.11 Å². The smallest absolute Gasteiger partial charge is 0.0573 e. The molecule has 1 nitrogen and oxygen atoms in total. The third-order valence-electron chi connectivity index (χ3n) is 0.439. The predicted octanol–water partition coefficient (Wildman–Crippen LogP) is 1.45. The van der Waals surface area contributed by atoms with Gasteiger partial charge in [0, 0.05) is 5.75 Å². The van der Waals surface area contributed by atoms with Crippen LogP contribution in [-0.4, -0.2) is 21.6 Å². The normalized spacial score (nSPS) is 14.1. The Morgan fingerprint density at radius 2 is 2.43 bits per heavy atom. The van der Waals surface area contributed by atoms with Crippen LogP contribution in [0.25, 0.3) is 0 Å². The summed E-state index contributed by atoms with van der Waals surface area (Å²) < 4.78 is 0.472. The lowest BCUT2D eigenvalue weighted by atomic mass is 10.9. The molecule has 0 saturated carbocycles. The molecule has 0 aromatic carbocycles. The number of hydrogen-bond acceptors (Lipinski definition) is 2. The van der Waals surface area contributed by atoms with Crippen LogP contribution in [0.2, 0.25) is 0 Å². The molecule has 7 heavy (non-hydrogen) atoms. The first kappa shape index (κ1) is 7.79. The highest BCUT2D eigenvalue weighted by atomic mass is 79.9. The van der Waals surface area contributed by atoms with Gasteiger partial charge in [-0.3, -0.25) is 0 Å². The minimum Gasteiger partial charge on any atom is -0.396 e. The Balaban J connectivity index is 2.68. The molecule has 0 radical (unpaired) electrons. The zero-order valence-electron chi connectivity index (χ0n) is 4.22. The Labute approximate surface area is 56.6 Å². The average Bonchev–Trinajstić information content (AvgIpc) is 1.61. The van der Waals surface area contributed by atoms with E-state index in [1.165, 1.54) is 0 Å². The van der Waals surface area contributed by atoms with Crippen molar-refractivity contribution in [2.75, 3.05) is 12.4 Å². The maximum absolute atomic E-state index is 8.27. The van der Waals surface area contributed by atoms with Gasteiger partial charge in [0.15, 0.2) is 0 Å². The van der Waals surface area contributed by atoms with E-state index < -0.39 is 0 Å². The fourth-order valence-electron chi connectivity index (χ4n) is 0.215. The molecule has 3 heteroatoms. The van der Waals surface area contributed by atoms with E-state index in [1.807, 2.05) is 6.92 Å². The fourth-order valence-corrected chi connectivity index (χ4v) is 1.21. The van der Waals surface area contributed by atoms with Gasteiger partial charge in [-0.1, -0.05) is 15.9 Å². The third kappa shape index (κ3) is 6.79. The van der Waals surface area contributed by atoms with Gasteiger partial charge in [-0.15, -0.1) is 11.8 Å². The Morgan fingerprint density at radius 3 is 2.57 bits per heavy atom. The van der Waals surface area contributed by atoms with Crippen LogP contribution >= 0.6 is 27.7 Å². The van der Waals surface area contributed by atoms with Crippen molar-refractivity contribution in [2.45, 2.75) is 11.1 Å². The van der Waals surface area contributed by atoms with Crippen molar-refractivity contribution in [1.29, 1.82) is 0 Å². The lowest BCUT2D eigenvalue weighted by molar-refractivity contribution is 0.322. The largest absolute Gasteiger partial charge is 0.396 e. The van der Waals surface area contributed by atoms with Crippen LogP contribution in [0, 0.1) is 0 Å². The Morgan fingerprint density at radius 1 is 1.86 bits per heavy atom. The SMILES string of the molecule is CC(Br)SCCO. The molecule has 1 N–H and O–H groups in total. The van der Waals surface area contributed by atoms with Gasteiger partial charge >= 0.3 is 0 Å². The molecule has 0 aromatic rings. The first-order valence-corrected chi connectivity index (χ1v) is 4.10. The molecule has 0 bridgehead atoms. The molecule has 0 rings (SSSR count). The molecule has 0 aliphatic carbocycles. The highest BCUT2D eigenvalue weighted by molar-refractivity contribution is 9.11. The summed E-state index contributed by atoms with van der Waals surface area (Å²) in [6.45, 7) is 2.32. The second-order valence-electron chi connectivity index (χ2n) is 1.14. The van der Waals surface area contributed by atoms with E-state index in [-0.39, 0.29) is 6.61 Å². The fraction of sp³-hybridized carbons (Fsp3) is 1.00. The number of hydrogen-bond donors (Lipinski definition) is 1. The standard InChI is InChI=1S/C4H9BrOS/c1-4(5)7-3-2-6/h4,6H,2-3H2,1H3. The van der Waals surface area contributed by atoms with E-state index in [1.54, 1.807) is 11.8 Å². The topological polar surface area (TPSA) is 20.2 Å². The second-order valence-corrected chi connectivity index (χ2v) is 4.57. The van der Waals surface area contributed by atoms with Crippen molar-refractivity contribution in [3.63, 3.8) is 0 Å². The summed E-state index contributed by atoms with van der Waals surface area (Å²) in [6.07, 6.45) is 0. The first-order chi connectivity index (χ1) is 3.27. The van der Waals surface area contributed by atoms with Crippen LogP contribution in [0.3, 0.4) is 0 Å². The number of thioether (sulfide) groups is 1.